The van der Waals surface area contributed by atoms with Crippen molar-refractivity contribution in [2.45, 2.75) is 18.4 Å². The van der Waals surface area contributed by atoms with Gasteiger partial charge >= 0.3 is 0 Å². The minimum absolute atomic E-state index is 0.283. The van der Waals surface area contributed by atoms with Gasteiger partial charge in [0.1, 0.15) is 11.6 Å². The van der Waals surface area contributed by atoms with Gasteiger partial charge < -0.3 is 15.8 Å². The molecule has 0 amide bonds. The van der Waals surface area contributed by atoms with E-state index in [4.69, 9.17) is 10.5 Å². The number of fused-ring (bicyclic) bond motifs is 1. The number of anilines is 1. The molecule has 3 rings (SSSR count). The third-order valence-corrected chi connectivity index (χ3v) is 3.96. The number of benzene rings is 1. The van der Waals surface area contributed by atoms with E-state index < -0.39 is 0 Å². The summed E-state index contributed by atoms with van der Waals surface area (Å²) in [6, 6.07) is 12.5. The van der Waals surface area contributed by atoms with E-state index in [1.807, 2.05) is 31.3 Å². The van der Waals surface area contributed by atoms with E-state index in [0.29, 0.717) is 18.3 Å². The first-order chi connectivity index (χ1) is 9.79. The molecule has 1 aromatic carbocycles. The summed E-state index contributed by atoms with van der Waals surface area (Å²) in [6.07, 6.45) is 2.57. The predicted octanol–water partition coefficient (Wildman–Crippen LogP) is 1.97. The number of nitrogens with one attached hydrogen (secondary N) is 1. The van der Waals surface area contributed by atoms with Gasteiger partial charge in [-0.25, -0.2) is 4.98 Å². The molecule has 0 saturated heterocycles. The van der Waals surface area contributed by atoms with Crippen molar-refractivity contribution in [3.05, 3.63) is 53.7 Å². The van der Waals surface area contributed by atoms with Crippen LogP contribution in [0.1, 0.15) is 17.0 Å². The van der Waals surface area contributed by atoms with Crippen molar-refractivity contribution in [3.63, 3.8) is 0 Å². The standard InChI is InChI=1S/C16H19N3O/c1-18-14(9-11-5-4-8-19-16(11)17)13-10-20-15-7-3-2-6-12(13)15/h2-8,13-14,18H,9-10H2,1H3,(H2,17,19). The summed E-state index contributed by atoms with van der Waals surface area (Å²) in [6.45, 7) is 0.713. The van der Waals surface area contributed by atoms with Gasteiger partial charge in [-0.2, -0.15) is 0 Å². The van der Waals surface area contributed by atoms with Crippen molar-refractivity contribution < 1.29 is 4.74 Å². The lowest BCUT2D eigenvalue weighted by Crippen LogP contribution is -2.35. The molecule has 3 N–H and O–H groups in total. The summed E-state index contributed by atoms with van der Waals surface area (Å²) < 4.78 is 5.77. The highest BCUT2D eigenvalue weighted by molar-refractivity contribution is 5.43. The van der Waals surface area contributed by atoms with E-state index in [2.05, 4.69) is 22.4 Å². The van der Waals surface area contributed by atoms with Crippen molar-refractivity contribution in [3.8, 4) is 5.75 Å². The zero-order chi connectivity index (χ0) is 13.9. The van der Waals surface area contributed by atoms with E-state index >= 15 is 0 Å². The van der Waals surface area contributed by atoms with E-state index in [9.17, 15) is 0 Å². The summed E-state index contributed by atoms with van der Waals surface area (Å²) in [5.74, 6) is 1.95. The zero-order valence-electron chi connectivity index (χ0n) is 11.5. The van der Waals surface area contributed by atoms with Crippen LogP contribution < -0.4 is 15.8 Å². The van der Waals surface area contributed by atoms with Crippen LogP contribution in [0.25, 0.3) is 0 Å². The molecule has 0 radical (unpaired) electrons. The number of para-hydroxylation sites is 1. The molecule has 0 bridgehead atoms. The summed E-state index contributed by atoms with van der Waals surface area (Å²) in [5.41, 5.74) is 8.30. The molecule has 1 aliphatic heterocycles. The quantitative estimate of drug-likeness (QED) is 0.891. The number of hydrogen-bond donors (Lipinski definition) is 2. The van der Waals surface area contributed by atoms with Gasteiger partial charge in [0, 0.05) is 23.7 Å². The van der Waals surface area contributed by atoms with Crippen LogP contribution in [-0.4, -0.2) is 24.7 Å². The number of rotatable bonds is 4. The van der Waals surface area contributed by atoms with Gasteiger partial charge in [0.15, 0.2) is 0 Å². The van der Waals surface area contributed by atoms with Crippen LogP contribution in [0, 0.1) is 0 Å². The first-order valence-electron chi connectivity index (χ1n) is 6.88. The van der Waals surface area contributed by atoms with Crippen molar-refractivity contribution in [2.75, 3.05) is 19.4 Å². The Morgan fingerprint density at radius 2 is 2.20 bits per heavy atom. The van der Waals surface area contributed by atoms with Crippen molar-refractivity contribution in [2.24, 2.45) is 0 Å². The highest BCUT2D eigenvalue weighted by Gasteiger charge is 2.30. The number of pyridine rings is 1. The monoisotopic (exact) mass is 269 g/mol. The Balaban J connectivity index is 1.83. The Morgan fingerprint density at radius 1 is 1.35 bits per heavy atom. The molecule has 1 aromatic heterocycles. The topological polar surface area (TPSA) is 60.2 Å². The summed E-state index contributed by atoms with van der Waals surface area (Å²) in [7, 11) is 1.98. The molecule has 4 nitrogen and oxygen atoms in total. The van der Waals surface area contributed by atoms with Crippen molar-refractivity contribution in [1.29, 1.82) is 0 Å². The van der Waals surface area contributed by atoms with E-state index in [1.165, 1.54) is 5.56 Å². The second kappa shape index (κ2) is 5.51. The van der Waals surface area contributed by atoms with Gasteiger partial charge in [-0.15, -0.1) is 0 Å². The second-order valence-electron chi connectivity index (χ2n) is 5.10. The maximum absolute atomic E-state index is 5.95. The number of nitrogens with zero attached hydrogens (tertiary/aromatic N) is 1. The lowest BCUT2D eigenvalue weighted by molar-refractivity contribution is 0.302. The second-order valence-corrected chi connectivity index (χ2v) is 5.10. The largest absolute Gasteiger partial charge is 0.493 e. The van der Waals surface area contributed by atoms with Crippen LogP contribution in [0.3, 0.4) is 0 Å². The molecule has 2 unspecified atom stereocenters. The van der Waals surface area contributed by atoms with E-state index in [-0.39, 0.29) is 6.04 Å². The molecule has 0 fully saturated rings. The van der Waals surface area contributed by atoms with Crippen LogP contribution in [0.4, 0.5) is 5.82 Å². The van der Waals surface area contributed by atoms with E-state index in [1.54, 1.807) is 6.20 Å². The van der Waals surface area contributed by atoms with Gasteiger partial charge in [0.05, 0.1) is 6.61 Å². The molecular weight excluding hydrogens is 250 g/mol. The summed E-state index contributed by atoms with van der Waals surface area (Å²) in [5, 5.41) is 3.40. The average molecular weight is 269 g/mol. The zero-order valence-corrected chi connectivity index (χ0v) is 11.5. The van der Waals surface area contributed by atoms with Gasteiger partial charge in [-0.05, 0) is 31.2 Å². The van der Waals surface area contributed by atoms with Crippen molar-refractivity contribution >= 4 is 5.82 Å². The van der Waals surface area contributed by atoms with Crippen LogP contribution >= 0.6 is 0 Å². The molecule has 2 atom stereocenters. The predicted molar refractivity (Wildman–Crippen MR) is 79.9 cm³/mol. The number of nitrogens with two attached hydrogens (primary N) is 1. The van der Waals surface area contributed by atoms with Crippen LogP contribution in [0.15, 0.2) is 42.6 Å². The number of nitrogen functional groups attached to an aromatic ring is 1. The Bertz CT molecular complexity index is 600. The first kappa shape index (κ1) is 12.9. The third kappa shape index (κ3) is 2.34. The molecule has 104 valence electrons. The number of likely N-dealkylation sites (N-methyl/N-ethyl adjacent to an activating group) is 1. The molecule has 0 spiro atoms. The van der Waals surface area contributed by atoms with Gasteiger partial charge in [-0.1, -0.05) is 24.3 Å². The molecule has 2 heterocycles. The Labute approximate surface area is 119 Å². The van der Waals surface area contributed by atoms with E-state index in [0.717, 1.165) is 17.7 Å². The normalized spacial score (nSPS) is 18.4. The Hall–Kier alpha value is -2.07. The maximum atomic E-state index is 5.95. The highest BCUT2D eigenvalue weighted by Crippen LogP contribution is 2.36. The fourth-order valence-electron chi connectivity index (χ4n) is 2.83. The molecule has 1 aliphatic rings. The highest BCUT2D eigenvalue weighted by atomic mass is 16.5. The molecule has 4 heteroatoms. The molecule has 20 heavy (non-hydrogen) atoms. The average Bonchev–Trinajstić information content (AvgIpc) is 2.90. The third-order valence-electron chi connectivity index (χ3n) is 3.96. The summed E-state index contributed by atoms with van der Waals surface area (Å²) >= 11 is 0. The molecular formula is C16H19N3O. The SMILES string of the molecule is CNC(Cc1cccnc1N)C1COc2ccccc21. The first-order valence-corrected chi connectivity index (χ1v) is 6.88. The minimum atomic E-state index is 0.283. The molecule has 2 aromatic rings. The van der Waals surface area contributed by atoms with Gasteiger partial charge in [0.25, 0.3) is 0 Å². The van der Waals surface area contributed by atoms with Crippen LogP contribution in [0.2, 0.25) is 0 Å². The van der Waals surface area contributed by atoms with Crippen LogP contribution in [-0.2, 0) is 6.42 Å². The number of ether oxygens (including phenoxy) is 1. The minimum Gasteiger partial charge on any atom is -0.493 e. The lowest BCUT2D eigenvalue weighted by atomic mass is 9.89. The van der Waals surface area contributed by atoms with Gasteiger partial charge in [0.2, 0.25) is 0 Å². The number of hydrogen-bond acceptors (Lipinski definition) is 4. The fraction of sp³-hybridized carbons (Fsp3) is 0.312. The number of aromatic nitrogens is 1. The van der Waals surface area contributed by atoms with Gasteiger partial charge in [-0.3, -0.25) is 0 Å². The van der Waals surface area contributed by atoms with Crippen molar-refractivity contribution in [1.82, 2.24) is 10.3 Å². The lowest BCUT2D eigenvalue weighted by Gasteiger charge is -2.22. The Morgan fingerprint density at radius 3 is 3.00 bits per heavy atom. The van der Waals surface area contributed by atoms with Crippen LogP contribution in [0.5, 0.6) is 5.75 Å². The fourth-order valence-corrected chi connectivity index (χ4v) is 2.83. The maximum Gasteiger partial charge on any atom is 0.126 e. The summed E-state index contributed by atoms with van der Waals surface area (Å²) in [4.78, 5) is 4.16. The Kier molecular flexibility index (Phi) is 3.56. The molecule has 0 aliphatic carbocycles. The smallest absolute Gasteiger partial charge is 0.126 e. The molecule has 0 saturated carbocycles.